The average Bonchev–Trinajstić information content (AvgIpc) is 3.20. The maximum absolute atomic E-state index is 8.83. The summed E-state index contributed by atoms with van der Waals surface area (Å²) >= 11 is 0. The van der Waals surface area contributed by atoms with Gasteiger partial charge in [-0.3, -0.25) is 0 Å². The largest absolute Gasteiger partial charge is 0.396 e. The fourth-order valence-corrected chi connectivity index (χ4v) is 1.72. The first-order valence-corrected chi connectivity index (χ1v) is 7.49. The zero-order valence-electron chi connectivity index (χ0n) is 11.9. The predicted molar refractivity (Wildman–Crippen MR) is 74.3 cm³/mol. The van der Waals surface area contributed by atoms with Gasteiger partial charge in [0.1, 0.15) is 0 Å². The number of rotatable bonds is 10. The number of hydrogen-bond acceptors (Lipinski definition) is 2. The Hall–Kier alpha value is -0.0800. The van der Waals surface area contributed by atoms with Crippen molar-refractivity contribution >= 4 is 0 Å². The van der Waals surface area contributed by atoms with Gasteiger partial charge in [-0.25, -0.2) is 0 Å². The lowest BCUT2D eigenvalue weighted by atomic mass is 10.0. The van der Waals surface area contributed by atoms with Crippen LogP contribution >= 0.6 is 0 Å². The standard InChI is InChI=1S/C13H28O.C2H4O/c1-3-4-5-6-7-8-9-10-11-13(2)12-14;1-2-3-1/h13-14H,3-12H2,1-2H3;1-2H2. The van der Waals surface area contributed by atoms with Crippen LogP contribution in [0.4, 0.5) is 0 Å². The van der Waals surface area contributed by atoms with Crippen molar-refractivity contribution < 1.29 is 9.84 Å². The fourth-order valence-electron chi connectivity index (χ4n) is 1.72. The number of aliphatic hydroxyl groups excluding tert-OH is 1. The van der Waals surface area contributed by atoms with E-state index in [2.05, 4.69) is 18.6 Å². The zero-order chi connectivity index (χ0) is 12.8. The number of unbranched alkanes of at least 4 members (excludes halogenated alkanes) is 7. The summed E-state index contributed by atoms with van der Waals surface area (Å²) in [7, 11) is 0. The molecule has 2 nitrogen and oxygen atoms in total. The molecule has 1 N–H and O–H groups in total. The van der Waals surface area contributed by atoms with Gasteiger partial charge in [-0.05, 0) is 12.3 Å². The summed E-state index contributed by atoms with van der Waals surface area (Å²) in [4.78, 5) is 0. The molecule has 0 amide bonds. The van der Waals surface area contributed by atoms with E-state index in [9.17, 15) is 0 Å². The van der Waals surface area contributed by atoms with Gasteiger partial charge in [0.15, 0.2) is 0 Å². The van der Waals surface area contributed by atoms with E-state index in [4.69, 9.17) is 5.11 Å². The molecule has 0 aromatic carbocycles. The van der Waals surface area contributed by atoms with Gasteiger partial charge in [-0.15, -0.1) is 0 Å². The van der Waals surface area contributed by atoms with Gasteiger partial charge < -0.3 is 9.84 Å². The molecule has 0 aromatic heterocycles. The first-order chi connectivity index (χ1) is 8.31. The summed E-state index contributed by atoms with van der Waals surface area (Å²) in [6.45, 7) is 6.74. The Morgan fingerprint density at radius 2 is 1.41 bits per heavy atom. The van der Waals surface area contributed by atoms with Gasteiger partial charge in [0.2, 0.25) is 0 Å². The third-order valence-electron chi connectivity index (χ3n) is 3.07. The van der Waals surface area contributed by atoms with E-state index < -0.39 is 0 Å². The minimum Gasteiger partial charge on any atom is -0.396 e. The van der Waals surface area contributed by atoms with Gasteiger partial charge in [0, 0.05) is 6.61 Å². The van der Waals surface area contributed by atoms with Crippen LogP contribution in [-0.4, -0.2) is 24.9 Å². The van der Waals surface area contributed by atoms with Crippen LogP contribution in [0.5, 0.6) is 0 Å². The van der Waals surface area contributed by atoms with Crippen molar-refractivity contribution in [2.45, 2.75) is 71.6 Å². The number of aliphatic hydroxyl groups is 1. The summed E-state index contributed by atoms with van der Waals surface area (Å²) in [5, 5.41) is 8.83. The Morgan fingerprint density at radius 3 is 1.82 bits per heavy atom. The van der Waals surface area contributed by atoms with Crippen LogP contribution in [0.15, 0.2) is 0 Å². The van der Waals surface area contributed by atoms with Crippen LogP contribution in [0.2, 0.25) is 0 Å². The second kappa shape index (κ2) is 14.0. The van der Waals surface area contributed by atoms with Crippen LogP contribution in [0.1, 0.15) is 71.6 Å². The molecule has 0 radical (unpaired) electrons. The van der Waals surface area contributed by atoms with Gasteiger partial charge >= 0.3 is 0 Å². The molecule has 2 heteroatoms. The molecule has 1 aliphatic heterocycles. The number of ether oxygens (including phenoxy) is 1. The molecule has 1 unspecified atom stereocenters. The van der Waals surface area contributed by atoms with E-state index in [0.717, 1.165) is 13.2 Å². The van der Waals surface area contributed by atoms with Crippen molar-refractivity contribution in [2.75, 3.05) is 19.8 Å². The SMILES string of the molecule is C1CO1.CCCCCCCCCCC(C)CO. The molecule has 1 rings (SSSR count). The van der Waals surface area contributed by atoms with Crippen LogP contribution in [0.25, 0.3) is 0 Å². The molecule has 0 saturated carbocycles. The molecule has 17 heavy (non-hydrogen) atoms. The molecular weight excluding hydrogens is 212 g/mol. The molecule has 1 atom stereocenters. The maximum Gasteiger partial charge on any atom is 0.0701 e. The van der Waals surface area contributed by atoms with Gasteiger partial charge in [0.05, 0.1) is 13.2 Å². The Labute approximate surface area is 108 Å². The van der Waals surface area contributed by atoms with Crippen molar-refractivity contribution in [1.82, 2.24) is 0 Å². The molecule has 1 fully saturated rings. The number of epoxide rings is 1. The quantitative estimate of drug-likeness (QED) is 0.462. The number of hydrogen-bond donors (Lipinski definition) is 1. The fraction of sp³-hybridized carbons (Fsp3) is 1.00. The maximum atomic E-state index is 8.83. The lowest BCUT2D eigenvalue weighted by Gasteiger charge is -2.06. The van der Waals surface area contributed by atoms with Crippen LogP contribution in [0.3, 0.4) is 0 Å². The van der Waals surface area contributed by atoms with Gasteiger partial charge in [-0.2, -0.15) is 0 Å². The highest BCUT2D eigenvalue weighted by Crippen LogP contribution is 2.12. The van der Waals surface area contributed by atoms with Gasteiger partial charge in [0.25, 0.3) is 0 Å². The smallest absolute Gasteiger partial charge is 0.0701 e. The van der Waals surface area contributed by atoms with Crippen molar-refractivity contribution in [3.63, 3.8) is 0 Å². The molecule has 0 spiro atoms. The third kappa shape index (κ3) is 18.5. The van der Waals surface area contributed by atoms with Crippen molar-refractivity contribution in [1.29, 1.82) is 0 Å². The zero-order valence-corrected chi connectivity index (χ0v) is 11.9. The van der Waals surface area contributed by atoms with E-state index in [1.807, 2.05) is 0 Å². The van der Waals surface area contributed by atoms with Crippen LogP contribution in [-0.2, 0) is 4.74 Å². The monoisotopic (exact) mass is 244 g/mol. The molecule has 1 heterocycles. The first-order valence-electron chi connectivity index (χ1n) is 7.49. The highest BCUT2D eigenvalue weighted by molar-refractivity contribution is 4.51. The first kappa shape index (κ1) is 16.9. The molecule has 0 aromatic rings. The van der Waals surface area contributed by atoms with E-state index in [0.29, 0.717) is 12.5 Å². The average molecular weight is 244 g/mol. The third-order valence-corrected chi connectivity index (χ3v) is 3.07. The van der Waals surface area contributed by atoms with E-state index in [-0.39, 0.29) is 0 Å². The molecular formula is C15H32O2. The minimum absolute atomic E-state index is 0.358. The summed E-state index contributed by atoms with van der Waals surface area (Å²) in [6, 6.07) is 0. The Morgan fingerprint density at radius 1 is 0.941 bits per heavy atom. The minimum atomic E-state index is 0.358. The second-order valence-corrected chi connectivity index (χ2v) is 5.16. The molecule has 0 bridgehead atoms. The van der Waals surface area contributed by atoms with Crippen LogP contribution in [0, 0.1) is 5.92 Å². The highest BCUT2D eigenvalue weighted by Gasteiger charge is 1.98. The normalized spacial score (nSPS) is 15.0. The highest BCUT2D eigenvalue weighted by atomic mass is 16.6. The van der Waals surface area contributed by atoms with E-state index in [1.165, 1.54) is 57.8 Å². The summed E-state index contributed by atoms with van der Waals surface area (Å²) in [6.07, 6.45) is 12.2. The summed E-state index contributed by atoms with van der Waals surface area (Å²) in [5.74, 6) is 0.509. The summed E-state index contributed by atoms with van der Waals surface area (Å²) < 4.78 is 4.50. The predicted octanol–water partition coefficient (Wildman–Crippen LogP) is 4.16. The molecule has 1 aliphatic rings. The molecule has 0 aliphatic carbocycles. The van der Waals surface area contributed by atoms with E-state index in [1.54, 1.807) is 0 Å². The van der Waals surface area contributed by atoms with Crippen molar-refractivity contribution in [3.8, 4) is 0 Å². The second-order valence-electron chi connectivity index (χ2n) is 5.16. The van der Waals surface area contributed by atoms with Crippen LogP contribution < -0.4 is 0 Å². The molecule has 1 saturated heterocycles. The molecule has 104 valence electrons. The topological polar surface area (TPSA) is 32.8 Å². The van der Waals surface area contributed by atoms with E-state index >= 15 is 0 Å². The van der Waals surface area contributed by atoms with Crippen molar-refractivity contribution in [2.24, 2.45) is 5.92 Å². The Balaban J connectivity index is 0.000000728. The Bertz CT molecular complexity index is 132. The van der Waals surface area contributed by atoms with Crippen molar-refractivity contribution in [3.05, 3.63) is 0 Å². The summed E-state index contributed by atoms with van der Waals surface area (Å²) in [5.41, 5.74) is 0. The van der Waals surface area contributed by atoms with Gasteiger partial charge in [-0.1, -0.05) is 65.2 Å². The lowest BCUT2D eigenvalue weighted by Crippen LogP contribution is -1.99. The Kier molecular flexibility index (Phi) is 13.9. The lowest BCUT2D eigenvalue weighted by molar-refractivity contribution is 0.227.